The van der Waals surface area contributed by atoms with Crippen molar-refractivity contribution < 1.29 is 4.74 Å². The van der Waals surface area contributed by atoms with Crippen molar-refractivity contribution in [1.82, 2.24) is 10.3 Å². The fraction of sp³-hybridized carbons (Fsp3) is 0.474. The molecule has 1 aromatic carbocycles. The maximum absolute atomic E-state index is 5.32. The van der Waals surface area contributed by atoms with Crippen LogP contribution in [0.1, 0.15) is 42.7 Å². The van der Waals surface area contributed by atoms with Crippen molar-refractivity contribution in [2.75, 3.05) is 13.2 Å². The minimum Gasteiger partial charge on any atom is -0.501 e. The fourth-order valence-electron chi connectivity index (χ4n) is 3.75. The predicted molar refractivity (Wildman–Crippen MR) is 90.1 cm³/mol. The van der Waals surface area contributed by atoms with Crippen LogP contribution < -0.4 is 5.32 Å². The van der Waals surface area contributed by atoms with Crippen LogP contribution in [0.2, 0.25) is 0 Å². The molecular formula is C19H24N2O. The number of nitrogens with one attached hydrogen (secondary N) is 2. The molecule has 0 spiro atoms. The van der Waals surface area contributed by atoms with E-state index in [4.69, 9.17) is 4.74 Å². The minimum atomic E-state index is 0.498. The molecule has 116 valence electrons. The lowest BCUT2D eigenvalue weighted by atomic mass is 9.93. The van der Waals surface area contributed by atoms with Gasteiger partial charge in [0.15, 0.2) is 0 Å². The van der Waals surface area contributed by atoms with E-state index in [1.54, 1.807) is 0 Å². The molecule has 0 amide bonds. The molecule has 2 unspecified atom stereocenters. The van der Waals surface area contributed by atoms with Gasteiger partial charge in [0.2, 0.25) is 0 Å². The van der Waals surface area contributed by atoms with Crippen LogP contribution in [0.25, 0.3) is 10.9 Å². The molecule has 3 nitrogen and oxygen atoms in total. The van der Waals surface area contributed by atoms with Gasteiger partial charge in [-0.2, -0.15) is 0 Å². The van der Waals surface area contributed by atoms with Gasteiger partial charge in [0, 0.05) is 29.1 Å². The molecule has 3 heteroatoms. The van der Waals surface area contributed by atoms with Crippen molar-refractivity contribution in [1.29, 1.82) is 0 Å². The van der Waals surface area contributed by atoms with Gasteiger partial charge in [-0.15, -0.1) is 0 Å². The summed E-state index contributed by atoms with van der Waals surface area (Å²) in [6, 6.07) is 7.57. The third kappa shape index (κ3) is 2.78. The summed E-state index contributed by atoms with van der Waals surface area (Å²) in [5, 5.41) is 5.00. The number of benzene rings is 1. The van der Waals surface area contributed by atoms with Gasteiger partial charge in [-0.25, -0.2) is 0 Å². The van der Waals surface area contributed by atoms with Gasteiger partial charge in [-0.1, -0.05) is 6.07 Å². The summed E-state index contributed by atoms with van der Waals surface area (Å²) in [5.74, 6) is 0.498. The minimum absolute atomic E-state index is 0.498. The fourth-order valence-corrected chi connectivity index (χ4v) is 3.75. The number of hydrogen-bond donors (Lipinski definition) is 2. The van der Waals surface area contributed by atoms with Crippen molar-refractivity contribution in [3.8, 4) is 0 Å². The number of hydrogen-bond acceptors (Lipinski definition) is 2. The first-order chi connectivity index (χ1) is 10.9. The molecule has 1 aromatic heterocycles. The smallest absolute Gasteiger partial charge is 0.0882 e. The molecule has 0 saturated carbocycles. The lowest BCUT2D eigenvalue weighted by molar-refractivity contribution is 0.223. The van der Waals surface area contributed by atoms with Crippen molar-refractivity contribution >= 4 is 10.9 Å². The molecular weight excluding hydrogens is 272 g/mol. The third-order valence-electron chi connectivity index (χ3n) is 5.10. The Labute approximate surface area is 131 Å². The van der Waals surface area contributed by atoms with E-state index in [1.807, 2.05) is 6.26 Å². The van der Waals surface area contributed by atoms with E-state index in [-0.39, 0.29) is 0 Å². The summed E-state index contributed by atoms with van der Waals surface area (Å²) in [5.41, 5.74) is 4.13. The van der Waals surface area contributed by atoms with Gasteiger partial charge in [0.05, 0.1) is 12.9 Å². The first-order valence-corrected chi connectivity index (χ1v) is 8.52. The van der Waals surface area contributed by atoms with Gasteiger partial charge in [-0.05, 0) is 68.0 Å². The summed E-state index contributed by atoms with van der Waals surface area (Å²) in [7, 11) is 0. The zero-order chi connectivity index (χ0) is 14.8. The lowest BCUT2D eigenvalue weighted by Crippen LogP contribution is -2.21. The molecule has 2 atom stereocenters. The number of allylic oxidation sites excluding steroid dienone is 1. The molecule has 2 aromatic rings. The molecule has 2 aliphatic heterocycles. The standard InChI is InChI=1S/C19H24N2O/c1-2-17(20-9-1)5-3-16-13-21-19-6-4-15(12-18(16)19)14-7-10-22-11-8-14/h4,6-7,10,12-14,17,20-21H,1-3,5,8-9,11H2. The lowest BCUT2D eigenvalue weighted by Gasteiger charge is -2.17. The van der Waals surface area contributed by atoms with E-state index >= 15 is 0 Å². The average molecular weight is 296 g/mol. The highest BCUT2D eigenvalue weighted by Crippen LogP contribution is 2.29. The number of aryl methyl sites for hydroxylation is 1. The summed E-state index contributed by atoms with van der Waals surface area (Å²) < 4.78 is 5.32. The van der Waals surface area contributed by atoms with Crippen LogP contribution in [0.4, 0.5) is 0 Å². The summed E-state index contributed by atoms with van der Waals surface area (Å²) >= 11 is 0. The number of H-pyrrole nitrogens is 1. The number of rotatable bonds is 4. The molecule has 2 aliphatic rings. The normalized spacial score (nSPS) is 24.7. The summed E-state index contributed by atoms with van der Waals surface area (Å²) in [6.07, 6.45) is 12.4. The van der Waals surface area contributed by atoms with Crippen molar-refractivity contribution in [2.24, 2.45) is 0 Å². The monoisotopic (exact) mass is 296 g/mol. The largest absolute Gasteiger partial charge is 0.501 e. The Balaban J connectivity index is 1.56. The molecule has 1 saturated heterocycles. The number of aromatic amines is 1. The zero-order valence-corrected chi connectivity index (χ0v) is 13.0. The molecule has 2 N–H and O–H groups in total. The van der Waals surface area contributed by atoms with Crippen molar-refractivity contribution in [3.63, 3.8) is 0 Å². The average Bonchev–Trinajstić information content (AvgIpc) is 3.23. The second-order valence-electron chi connectivity index (χ2n) is 6.55. The van der Waals surface area contributed by atoms with Crippen LogP contribution in [-0.2, 0) is 11.2 Å². The van der Waals surface area contributed by atoms with Gasteiger partial charge in [0.25, 0.3) is 0 Å². The van der Waals surface area contributed by atoms with Crippen LogP contribution in [0.5, 0.6) is 0 Å². The Bertz CT molecular complexity index is 667. The zero-order valence-electron chi connectivity index (χ0n) is 13.0. The van der Waals surface area contributed by atoms with Gasteiger partial charge in [0.1, 0.15) is 0 Å². The van der Waals surface area contributed by atoms with E-state index in [9.17, 15) is 0 Å². The molecule has 22 heavy (non-hydrogen) atoms. The Morgan fingerprint density at radius 3 is 3.05 bits per heavy atom. The SMILES string of the molecule is C1=CC(c2ccc3[nH]cc(CCC4CCCN4)c3c2)CCO1. The van der Waals surface area contributed by atoms with Crippen molar-refractivity contribution in [2.45, 2.75) is 44.1 Å². The van der Waals surface area contributed by atoms with Crippen LogP contribution in [0, 0.1) is 0 Å². The Morgan fingerprint density at radius 1 is 1.23 bits per heavy atom. The molecule has 4 rings (SSSR count). The van der Waals surface area contributed by atoms with Gasteiger partial charge < -0.3 is 15.0 Å². The Kier molecular flexibility index (Phi) is 3.90. The third-order valence-corrected chi connectivity index (χ3v) is 5.10. The second-order valence-corrected chi connectivity index (χ2v) is 6.55. The first kappa shape index (κ1) is 13.9. The number of ether oxygens (including phenoxy) is 1. The molecule has 0 bridgehead atoms. The second kappa shape index (κ2) is 6.17. The first-order valence-electron chi connectivity index (χ1n) is 8.52. The summed E-state index contributed by atoms with van der Waals surface area (Å²) in [4.78, 5) is 3.43. The molecule has 0 aliphatic carbocycles. The Hall–Kier alpha value is -1.74. The highest BCUT2D eigenvalue weighted by molar-refractivity contribution is 5.84. The summed E-state index contributed by atoms with van der Waals surface area (Å²) in [6.45, 7) is 2.02. The maximum Gasteiger partial charge on any atom is 0.0882 e. The van der Waals surface area contributed by atoms with Crippen LogP contribution in [-0.4, -0.2) is 24.2 Å². The highest BCUT2D eigenvalue weighted by atomic mass is 16.5. The molecule has 0 radical (unpaired) electrons. The highest BCUT2D eigenvalue weighted by Gasteiger charge is 2.16. The number of aromatic nitrogens is 1. The quantitative estimate of drug-likeness (QED) is 0.898. The van der Waals surface area contributed by atoms with E-state index in [2.05, 4.69) is 40.8 Å². The van der Waals surface area contributed by atoms with Crippen LogP contribution in [0.3, 0.4) is 0 Å². The maximum atomic E-state index is 5.32. The molecule has 1 fully saturated rings. The van der Waals surface area contributed by atoms with E-state index < -0.39 is 0 Å². The van der Waals surface area contributed by atoms with Gasteiger partial charge >= 0.3 is 0 Å². The molecule has 3 heterocycles. The van der Waals surface area contributed by atoms with E-state index in [0.717, 1.165) is 19.4 Å². The van der Waals surface area contributed by atoms with Crippen molar-refractivity contribution in [3.05, 3.63) is 47.9 Å². The van der Waals surface area contributed by atoms with E-state index in [0.29, 0.717) is 12.0 Å². The Morgan fingerprint density at radius 2 is 2.23 bits per heavy atom. The number of fused-ring (bicyclic) bond motifs is 1. The van der Waals surface area contributed by atoms with E-state index in [1.165, 1.54) is 47.8 Å². The topological polar surface area (TPSA) is 37.0 Å². The van der Waals surface area contributed by atoms with Gasteiger partial charge in [-0.3, -0.25) is 0 Å². The van der Waals surface area contributed by atoms with Crippen LogP contribution in [0.15, 0.2) is 36.7 Å². The van der Waals surface area contributed by atoms with Crippen LogP contribution >= 0.6 is 0 Å². The predicted octanol–water partition coefficient (Wildman–Crippen LogP) is 3.87.